The maximum Gasteiger partial charge on any atom is 0.421 e. The lowest BCUT2D eigenvalue weighted by molar-refractivity contribution is 0.207. The Hall–Kier alpha value is -3.08. The summed E-state index contributed by atoms with van der Waals surface area (Å²) in [5.74, 6) is 1.09. The minimum absolute atomic E-state index is 0.398. The Morgan fingerprint density at radius 1 is 1.00 bits per heavy atom. The number of benzene rings is 2. The van der Waals surface area contributed by atoms with E-state index in [1.807, 2.05) is 48.5 Å². The minimum atomic E-state index is -0.459. The topological polar surface area (TPSA) is 58.2 Å². The van der Waals surface area contributed by atoms with E-state index in [9.17, 15) is 4.79 Å². The normalized spacial score (nSPS) is 10.2. The summed E-state index contributed by atoms with van der Waals surface area (Å²) in [4.78, 5) is 14.0. The van der Waals surface area contributed by atoms with Gasteiger partial charge in [0.2, 0.25) is 0 Å². The Kier molecular flexibility index (Phi) is 4.15. The van der Waals surface area contributed by atoms with Crippen LogP contribution in [-0.4, -0.2) is 16.3 Å². The van der Waals surface area contributed by atoms with Gasteiger partial charge in [0, 0.05) is 6.07 Å². The van der Waals surface area contributed by atoms with Crippen molar-refractivity contribution in [2.45, 2.75) is 6.54 Å². The highest BCUT2D eigenvalue weighted by atomic mass is 16.6. The Labute approximate surface area is 128 Å². The number of amides is 1. The van der Waals surface area contributed by atoms with E-state index in [-0.39, 0.29) is 0 Å². The van der Waals surface area contributed by atoms with Gasteiger partial charge < -0.3 is 4.74 Å². The van der Waals surface area contributed by atoms with Crippen molar-refractivity contribution in [1.29, 1.82) is 0 Å². The fraction of sp³-hybridized carbons (Fsp3) is 0.0588. The summed E-state index contributed by atoms with van der Waals surface area (Å²) < 4.78 is 5.41. The maximum atomic E-state index is 12.5. The van der Waals surface area contributed by atoms with Gasteiger partial charge in [0.1, 0.15) is 11.6 Å². The fourth-order valence-corrected chi connectivity index (χ4v) is 2.06. The van der Waals surface area contributed by atoms with Crippen LogP contribution in [0.1, 0.15) is 5.56 Å². The number of aromatic nitrogens is 2. The summed E-state index contributed by atoms with van der Waals surface area (Å²) in [6.07, 6.45) is 1.14. The summed E-state index contributed by atoms with van der Waals surface area (Å²) in [5.41, 5.74) is 1.00. The largest absolute Gasteiger partial charge is 0.421 e. The SMILES string of the molecule is O=C(Oc1ccccc1)N(Cc1ccccc1)c1ccn[nH]1. The molecular weight excluding hydrogens is 278 g/mol. The molecule has 0 radical (unpaired) electrons. The van der Waals surface area contributed by atoms with Crippen LogP contribution in [0.2, 0.25) is 0 Å². The molecule has 3 aromatic rings. The average Bonchev–Trinajstić information content (AvgIpc) is 3.08. The van der Waals surface area contributed by atoms with Gasteiger partial charge in [-0.05, 0) is 17.7 Å². The van der Waals surface area contributed by atoms with Crippen LogP contribution in [0.5, 0.6) is 5.75 Å². The fourth-order valence-electron chi connectivity index (χ4n) is 2.06. The molecule has 3 rings (SSSR count). The second kappa shape index (κ2) is 6.58. The summed E-state index contributed by atoms with van der Waals surface area (Å²) in [6.45, 7) is 0.398. The summed E-state index contributed by atoms with van der Waals surface area (Å²) in [5, 5.41) is 6.70. The molecule has 0 saturated carbocycles. The third-order valence-electron chi connectivity index (χ3n) is 3.13. The predicted octanol–water partition coefficient (Wildman–Crippen LogP) is 3.62. The van der Waals surface area contributed by atoms with Gasteiger partial charge in [-0.3, -0.25) is 10.00 Å². The van der Waals surface area contributed by atoms with Gasteiger partial charge >= 0.3 is 6.09 Å². The van der Waals surface area contributed by atoms with Crippen molar-refractivity contribution in [3.05, 3.63) is 78.5 Å². The smallest absolute Gasteiger partial charge is 0.410 e. The van der Waals surface area contributed by atoms with Gasteiger partial charge in [-0.2, -0.15) is 5.10 Å². The molecule has 0 bridgehead atoms. The molecule has 0 fully saturated rings. The van der Waals surface area contributed by atoms with Crippen LogP contribution >= 0.6 is 0 Å². The number of nitrogens with zero attached hydrogens (tertiary/aromatic N) is 2. The van der Waals surface area contributed by atoms with Crippen LogP contribution < -0.4 is 9.64 Å². The minimum Gasteiger partial charge on any atom is -0.410 e. The van der Waals surface area contributed by atoms with Crippen LogP contribution in [0.3, 0.4) is 0 Å². The molecule has 110 valence electrons. The molecule has 1 heterocycles. The van der Waals surface area contributed by atoms with Crippen molar-refractivity contribution in [3.8, 4) is 5.75 Å². The van der Waals surface area contributed by atoms with Crippen molar-refractivity contribution in [3.63, 3.8) is 0 Å². The number of carbonyl (C=O) groups excluding carboxylic acids is 1. The molecule has 2 aromatic carbocycles. The lowest BCUT2D eigenvalue weighted by Gasteiger charge is -2.20. The molecule has 22 heavy (non-hydrogen) atoms. The maximum absolute atomic E-state index is 12.5. The van der Waals surface area contributed by atoms with Gasteiger partial charge in [-0.15, -0.1) is 0 Å². The van der Waals surface area contributed by atoms with Gasteiger partial charge in [0.25, 0.3) is 0 Å². The predicted molar refractivity (Wildman–Crippen MR) is 83.7 cm³/mol. The Balaban J connectivity index is 1.81. The van der Waals surface area contributed by atoms with Crippen LogP contribution in [0, 0.1) is 0 Å². The number of para-hydroxylation sites is 1. The van der Waals surface area contributed by atoms with Gasteiger partial charge in [-0.1, -0.05) is 48.5 Å². The molecule has 0 spiro atoms. The average molecular weight is 293 g/mol. The van der Waals surface area contributed by atoms with Crippen LogP contribution in [-0.2, 0) is 6.54 Å². The second-order valence-corrected chi connectivity index (χ2v) is 4.69. The third kappa shape index (κ3) is 3.32. The molecule has 1 amide bonds. The molecule has 0 atom stereocenters. The number of hydrogen-bond acceptors (Lipinski definition) is 3. The molecule has 0 saturated heterocycles. The highest BCUT2D eigenvalue weighted by molar-refractivity contribution is 5.87. The number of carbonyl (C=O) groups is 1. The first kappa shape index (κ1) is 13.9. The number of H-pyrrole nitrogens is 1. The van der Waals surface area contributed by atoms with E-state index in [1.54, 1.807) is 24.4 Å². The molecule has 0 unspecified atom stereocenters. The molecular formula is C17H15N3O2. The molecule has 5 nitrogen and oxygen atoms in total. The second-order valence-electron chi connectivity index (χ2n) is 4.69. The lowest BCUT2D eigenvalue weighted by Crippen LogP contribution is -2.33. The zero-order chi connectivity index (χ0) is 15.2. The Bertz CT molecular complexity index is 712. The Morgan fingerprint density at radius 3 is 2.32 bits per heavy atom. The van der Waals surface area contributed by atoms with Crippen LogP contribution in [0.25, 0.3) is 0 Å². The number of rotatable bonds is 4. The van der Waals surface area contributed by atoms with Crippen molar-refractivity contribution >= 4 is 11.9 Å². The lowest BCUT2D eigenvalue weighted by atomic mass is 10.2. The highest BCUT2D eigenvalue weighted by Crippen LogP contribution is 2.17. The monoisotopic (exact) mass is 293 g/mol. The van der Waals surface area contributed by atoms with Gasteiger partial charge in [-0.25, -0.2) is 4.79 Å². The molecule has 1 aromatic heterocycles. The van der Waals surface area contributed by atoms with E-state index in [0.717, 1.165) is 5.56 Å². The molecule has 5 heteroatoms. The Morgan fingerprint density at radius 2 is 1.68 bits per heavy atom. The number of aromatic amines is 1. The quantitative estimate of drug-likeness (QED) is 0.799. The van der Waals surface area contributed by atoms with Crippen molar-refractivity contribution in [2.75, 3.05) is 4.90 Å². The number of anilines is 1. The zero-order valence-corrected chi connectivity index (χ0v) is 11.8. The van der Waals surface area contributed by atoms with E-state index >= 15 is 0 Å². The molecule has 0 aliphatic rings. The van der Waals surface area contributed by atoms with Crippen molar-refractivity contribution in [1.82, 2.24) is 10.2 Å². The number of hydrogen-bond donors (Lipinski definition) is 1. The first-order chi connectivity index (χ1) is 10.8. The number of nitrogens with one attached hydrogen (secondary N) is 1. The van der Waals surface area contributed by atoms with E-state index in [1.165, 1.54) is 4.90 Å². The summed E-state index contributed by atoms with van der Waals surface area (Å²) in [7, 11) is 0. The first-order valence-electron chi connectivity index (χ1n) is 6.90. The van der Waals surface area contributed by atoms with Crippen molar-refractivity contribution < 1.29 is 9.53 Å². The van der Waals surface area contributed by atoms with Crippen LogP contribution in [0.4, 0.5) is 10.6 Å². The van der Waals surface area contributed by atoms with E-state index in [0.29, 0.717) is 18.1 Å². The summed E-state index contributed by atoms with van der Waals surface area (Å²) in [6, 6.07) is 20.4. The van der Waals surface area contributed by atoms with Gasteiger partial charge in [0.15, 0.2) is 0 Å². The third-order valence-corrected chi connectivity index (χ3v) is 3.13. The van der Waals surface area contributed by atoms with E-state index < -0.39 is 6.09 Å². The highest BCUT2D eigenvalue weighted by Gasteiger charge is 2.19. The molecule has 0 aliphatic heterocycles. The van der Waals surface area contributed by atoms with Crippen LogP contribution in [0.15, 0.2) is 72.9 Å². The zero-order valence-electron chi connectivity index (χ0n) is 11.8. The van der Waals surface area contributed by atoms with Gasteiger partial charge in [0.05, 0.1) is 12.7 Å². The first-order valence-corrected chi connectivity index (χ1v) is 6.90. The van der Waals surface area contributed by atoms with Crippen molar-refractivity contribution in [2.24, 2.45) is 0 Å². The van der Waals surface area contributed by atoms with E-state index in [4.69, 9.17) is 4.74 Å². The number of ether oxygens (including phenoxy) is 1. The summed E-state index contributed by atoms with van der Waals surface area (Å²) >= 11 is 0. The van der Waals surface area contributed by atoms with E-state index in [2.05, 4.69) is 10.2 Å². The standard InChI is InChI=1S/C17H15N3O2/c21-17(22-15-9-5-2-6-10-15)20(16-11-12-18-19-16)13-14-7-3-1-4-8-14/h1-12H,13H2,(H,18,19). The molecule has 0 aliphatic carbocycles. The molecule has 1 N–H and O–H groups in total.